The van der Waals surface area contributed by atoms with Gasteiger partial charge in [-0.05, 0) is 56.3 Å². The Balaban J connectivity index is 1.75. The van der Waals surface area contributed by atoms with E-state index in [4.69, 9.17) is 0 Å². The molecule has 0 heterocycles. The first kappa shape index (κ1) is 15.2. The number of hydrogen-bond donors (Lipinski definition) is 0. The lowest BCUT2D eigenvalue weighted by Gasteiger charge is -2.53. The molecule has 0 spiro atoms. The highest BCUT2D eigenvalue weighted by Crippen LogP contribution is 2.61. The van der Waals surface area contributed by atoms with E-state index in [9.17, 15) is 9.59 Å². The van der Waals surface area contributed by atoms with Crippen LogP contribution in [-0.4, -0.2) is 11.6 Å². The van der Waals surface area contributed by atoms with Crippen molar-refractivity contribution in [3.63, 3.8) is 0 Å². The van der Waals surface area contributed by atoms with Gasteiger partial charge in [0.05, 0.1) is 0 Å². The van der Waals surface area contributed by atoms with Crippen molar-refractivity contribution in [2.24, 2.45) is 35.0 Å². The maximum atomic E-state index is 12.6. The fraction of sp³-hybridized carbons (Fsp3) is 0.714. The molecule has 4 aliphatic carbocycles. The Labute approximate surface area is 139 Å². The summed E-state index contributed by atoms with van der Waals surface area (Å²) >= 11 is 0. The van der Waals surface area contributed by atoms with E-state index in [0.717, 1.165) is 38.5 Å². The maximum absolute atomic E-state index is 12.6. The second-order valence-electron chi connectivity index (χ2n) is 8.31. The number of Topliss-reactive ketones (excluding diaryl/α,β-unsaturated/α-hetero) is 2. The Morgan fingerprint density at radius 2 is 2.04 bits per heavy atom. The second-order valence-corrected chi connectivity index (χ2v) is 8.31. The van der Waals surface area contributed by atoms with Crippen LogP contribution in [0.15, 0.2) is 11.6 Å². The lowest BCUT2D eigenvalue weighted by atomic mass is 9.49. The molecule has 6 atom stereocenters. The third-order valence-corrected chi connectivity index (χ3v) is 7.32. The minimum atomic E-state index is -0.147. The molecule has 0 aliphatic heterocycles. The standard InChI is InChI=1S/C21H26O2/c1-3-4-14-12-21(2)18(9-10-19(21)23)17-7-5-13-11-15(22)6-8-16(13)20(14)17/h5,14,16-18,20H,6-12H2,1-2H3/t14-,16-,17-,18-,20+,21-/m0/s1. The van der Waals surface area contributed by atoms with E-state index in [2.05, 4.69) is 24.8 Å². The summed E-state index contributed by atoms with van der Waals surface area (Å²) in [5, 5.41) is 0. The van der Waals surface area contributed by atoms with Crippen LogP contribution in [0.5, 0.6) is 0 Å². The van der Waals surface area contributed by atoms with Gasteiger partial charge in [0.2, 0.25) is 0 Å². The fourth-order valence-electron chi connectivity index (χ4n) is 6.34. The van der Waals surface area contributed by atoms with E-state index in [-0.39, 0.29) is 5.41 Å². The number of carbonyl (C=O) groups excluding carboxylic acids is 2. The molecule has 2 nitrogen and oxygen atoms in total. The van der Waals surface area contributed by atoms with Crippen LogP contribution in [0.3, 0.4) is 0 Å². The summed E-state index contributed by atoms with van der Waals surface area (Å²) in [7, 11) is 0. The molecular formula is C21H26O2. The molecule has 2 heteroatoms. The van der Waals surface area contributed by atoms with E-state index < -0.39 is 0 Å². The Hall–Kier alpha value is -1.36. The first-order valence-corrected chi connectivity index (χ1v) is 9.21. The molecule has 4 rings (SSSR count). The Bertz CT molecular complexity index is 646. The summed E-state index contributed by atoms with van der Waals surface area (Å²) in [4.78, 5) is 24.4. The molecule has 3 fully saturated rings. The first-order chi connectivity index (χ1) is 11.0. The molecule has 122 valence electrons. The highest BCUT2D eigenvalue weighted by Gasteiger charge is 2.58. The quantitative estimate of drug-likeness (QED) is 0.501. The largest absolute Gasteiger partial charge is 0.299 e. The zero-order valence-electron chi connectivity index (χ0n) is 14.2. The van der Waals surface area contributed by atoms with Crippen molar-refractivity contribution < 1.29 is 9.59 Å². The van der Waals surface area contributed by atoms with Crippen molar-refractivity contribution in [2.75, 3.05) is 0 Å². The summed E-state index contributed by atoms with van der Waals surface area (Å²) in [5.74, 6) is 10.0. The average Bonchev–Trinajstić information content (AvgIpc) is 2.82. The molecule has 0 unspecified atom stereocenters. The molecule has 0 radical (unpaired) electrons. The van der Waals surface area contributed by atoms with Gasteiger partial charge in [0.15, 0.2) is 0 Å². The number of allylic oxidation sites excluding steroid dienone is 2. The first-order valence-electron chi connectivity index (χ1n) is 9.21. The van der Waals surface area contributed by atoms with Crippen molar-refractivity contribution in [1.29, 1.82) is 0 Å². The smallest absolute Gasteiger partial charge is 0.139 e. The normalized spacial score (nSPS) is 45.3. The molecule has 3 saturated carbocycles. The lowest BCUT2D eigenvalue weighted by molar-refractivity contribution is -0.132. The molecule has 0 aromatic heterocycles. The van der Waals surface area contributed by atoms with Gasteiger partial charge in [0, 0.05) is 30.6 Å². The van der Waals surface area contributed by atoms with Crippen molar-refractivity contribution in [3.8, 4) is 11.8 Å². The summed E-state index contributed by atoms with van der Waals surface area (Å²) in [5.41, 5.74) is 1.24. The van der Waals surface area contributed by atoms with Gasteiger partial charge in [0.25, 0.3) is 0 Å². The molecular weight excluding hydrogens is 284 g/mol. The van der Waals surface area contributed by atoms with Crippen LogP contribution in [0.2, 0.25) is 0 Å². The zero-order valence-corrected chi connectivity index (χ0v) is 14.2. The van der Waals surface area contributed by atoms with Crippen molar-refractivity contribution in [2.45, 2.75) is 58.8 Å². The van der Waals surface area contributed by atoms with E-state index in [1.54, 1.807) is 0 Å². The monoisotopic (exact) mass is 310 g/mol. The van der Waals surface area contributed by atoms with Gasteiger partial charge in [-0.2, -0.15) is 0 Å². The zero-order chi connectivity index (χ0) is 16.2. The van der Waals surface area contributed by atoms with Crippen LogP contribution < -0.4 is 0 Å². The predicted molar refractivity (Wildman–Crippen MR) is 89.4 cm³/mol. The molecule has 0 N–H and O–H groups in total. The van der Waals surface area contributed by atoms with Gasteiger partial charge < -0.3 is 0 Å². The second kappa shape index (κ2) is 5.33. The van der Waals surface area contributed by atoms with Crippen LogP contribution in [-0.2, 0) is 9.59 Å². The Morgan fingerprint density at radius 1 is 1.22 bits per heavy atom. The lowest BCUT2D eigenvalue weighted by Crippen LogP contribution is -2.50. The molecule has 23 heavy (non-hydrogen) atoms. The highest BCUT2D eigenvalue weighted by atomic mass is 16.1. The van der Waals surface area contributed by atoms with Gasteiger partial charge in [-0.25, -0.2) is 0 Å². The van der Waals surface area contributed by atoms with Gasteiger partial charge in [-0.1, -0.05) is 24.5 Å². The van der Waals surface area contributed by atoms with E-state index in [1.807, 2.05) is 6.92 Å². The Kier molecular flexibility index (Phi) is 3.52. The molecule has 0 saturated heterocycles. The third-order valence-electron chi connectivity index (χ3n) is 7.32. The van der Waals surface area contributed by atoms with Gasteiger partial charge in [-0.15, -0.1) is 5.92 Å². The average molecular weight is 310 g/mol. The van der Waals surface area contributed by atoms with Gasteiger partial charge >= 0.3 is 0 Å². The van der Waals surface area contributed by atoms with Gasteiger partial charge in [0.1, 0.15) is 11.6 Å². The molecule has 0 bridgehead atoms. The van der Waals surface area contributed by atoms with Crippen molar-refractivity contribution in [1.82, 2.24) is 0 Å². The van der Waals surface area contributed by atoms with Crippen molar-refractivity contribution >= 4 is 11.6 Å². The summed E-state index contributed by atoms with van der Waals surface area (Å²) < 4.78 is 0. The SMILES string of the molecule is CC#C[C@H]1C[C@]2(C)C(=O)CC[C@H]2[C@@H]2CC=C3CC(=O)CC[C@@H]3[C@H]21. The van der Waals surface area contributed by atoms with Gasteiger partial charge in [-0.3, -0.25) is 9.59 Å². The van der Waals surface area contributed by atoms with Crippen LogP contribution >= 0.6 is 0 Å². The van der Waals surface area contributed by atoms with E-state index in [0.29, 0.717) is 47.6 Å². The third kappa shape index (κ3) is 2.16. The number of rotatable bonds is 0. The minimum absolute atomic E-state index is 0.147. The van der Waals surface area contributed by atoms with E-state index in [1.165, 1.54) is 5.57 Å². The predicted octanol–water partition coefficient (Wildman–Crippen LogP) is 3.95. The summed E-state index contributed by atoms with van der Waals surface area (Å²) in [6, 6.07) is 0. The van der Waals surface area contributed by atoms with Crippen LogP contribution in [0, 0.1) is 46.8 Å². The number of carbonyl (C=O) groups is 2. The summed E-state index contributed by atoms with van der Waals surface area (Å²) in [6.07, 6.45) is 8.59. The van der Waals surface area contributed by atoms with Crippen molar-refractivity contribution in [3.05, 3.63) is 11.6 Å². The topological polar surface area (TPSA) is 34.1 Å². The highest BCUT2D eigenvalue weighted by molar-refractivity contribution is 5.87. The number of fused-ring (bicyclic) bond motifs is 5. The molecule has 4 aliphatic rings. The number of hydrogen-bond acceptors (Lipinski definition) is 2. The van der Waals surface area contributed by atoms with E-state index >= 15 is 0 Å². The molecule has 0 amide bonds. The van der Waals surface area contributed by atoms with Crippen LogP contribution in [0.4, 0.5) is 0 Å². The molecule has 0 aromatic rings. The summed E-state index contributed by atoms with van der Waals surface area (Å²) in [6.45, 7) is 4.13. The minimum Gasteiger partial charge on any atom is -0.299 e. The van der Waals surface area contributed by atoms with Crippen LogP contribution in [0.1, 0.15) is 58.8 Å². The molecule has 0 aromatic carbocycles. The fourth-order valence-corrected chi connectivity index (χ4v) is 6.34. The maximum Gasteiger partial charge on any atom is 0.139 e. The Morgan fingerprint density at radius 3 is 2.83 bits per heavy atom. The van der Waals surface area contributed by atoms with Crippen LogP contribution in [0.25, 0.3) is 0 Å². The number of ketones is 2.